The summed E-state index contributed by atoms with van der Waals surface area (Å²) in [5.74, 6) is 0.754. The zero-order valence-electron chi connectivity index (χ0n) is 6.23. The standard InChI is InChI=1S/C8H15Br/c1-3-8(2)6-4-5-7-9/h4,6,8H,3,5,7H2,1-2H3/b6-4+. The first-order valence-electron chi connectivity index (χ1n) is 3.53. The molecule has 0 N–H and O–H groups in total. The summed E-state index contributed by atoms with van der Waals surface area (Å²) >= 11 is 3.37. The van der Waals surface area contributed by atoms with Crippen molar-refractivity contribution in [3.05, 3.63) is 12.2 Å². The third kappa shape index (κ3) is 6.10. The largest absolute Gasteiger partial charge is 0.0925 e. The second kappa shape index (κ2) is 6.34. The van der Waals surface area contributed by atoms with Crippen LogP contribution in [0, 0.1) is 5.92 Å². The molecule has 0 aromatic heterocycles. The molecule has 1 unspecified atom stereocenters. The summed E-state index contributed by atoms with van der Waals surface area (Å²) in [6, 6.07) is 0. The van der Waals surface area contributed by atoms with E-state index in [4.69, 9.17) is 0 Å². The van der Waals surface area contributed by atoms with Gasteiger partial charge in [0.1, 0.15) is 0 Å². The van der Waals surface area contributed by atoms with Crippen LogP contribution in [0.2, 0.25) is 0 Å². The van der Waals surface area contributed by atoms with E-state index in [1.807, 2.05) is 0 Å². The zero-order valence-corrected chi connectivity index (χ0v) is 7.82. The van der Waals surface area contributed by atoms with E-state index in [2.05, 4.69) is 41.9 Å². The molecule has 1 heteroatoms. The molecule has 0 aromatic carbocycles. The van der Waals surface area contributed by atoms with Crippen molar-refractivity contribution in [2.75, 3.05) is 5.33 Å². The molecule has 0 radical (unpaired) electrons. The molecule has 0 bridgehead atoms. The fourth-order valence-electron chi connectivity index (χ4n) is 0.528. The lowest BCUT2D eigenvalue weighted by Crippen LogP contribution is -1.83. The molecule has 0 spiro atoms. The second-order valence-corrected chi connectivity index (χ2v) is 3.08. The molecule has 0 amide bonds. The number of hydrogen-bond acceptors (Lipinski definition) is 0. The van der Waals surface area contributed by atoms with Crippen molar-refractivity contribution in [2.45, 2.75) is 26.7 Å². The zero-order chi connectivity index (χ0) is 7.11. The quantitative estimate of drug-likeness (QED) is 0.472. The summed E-state index contributed by atoms with van der Waals surface area (Å²) in [7, 11) is 0. The highest BCUT2D eigenvalue weighted by molar-refractivity contribution is 9.09. The van der Waals surface area contributed by atoms with E-state index in [1.165, 1.54) is 6.42 Å². The monoisotopic (exact) mass is 190 g/mol. The maximum Gasteiger partial charge on any atom is 0.00659 e. The van der Waals surface area contributed by atoms with Gasteiger partial charge in [-0.25, -0.2) is 0 Å². The first-order chi connectivity index (χ1) is 4.31. The Labute approximate surface area is 66.5 Å². The summed E-state index contributed by atoms with van der Waals surface area (Å²) in [4.78, 5) is 0. The van der Waals surface area contributed by atoms with Crippen LogP contribution < -0.4 is 0 Å². The smallest absolute Gasteiger partial charge is 0.00659 e. The number of allylic oxidation sites excluding steroid dienone is 2. The molecule has 0 nitrogen and oxygen atoms in total. The number of hydrogen-bond donors (Lipinski definition) is 0. The third-order valence-corrected chi connectivity index (χ3v) is 1.84. The Bertz CT molecular complexity index is 76.6. The van der Waals surface area contributed by atoms with E-state index < -0.39 is 0 Å². The lowest BCUT2D eigenvalue weighted by molar-refractivity contribution is 0.696. The molecule has 0 heterocycles. The Balaban J connectivity index is 3.20. The molecule has 9 heavy (non-hydrogen) atoms. The maximum atomic E-state index is 3.37. The van der Waals surface area contributed by atoms with Crippen LogP contribution in [0.4, 0.5) is 0 Å². The van der Waals surface area contributed by atoms with Gasteiger partial charge in [0.2, 0.25) is 0 Å². The van der Waals surface area contributed by atoms with E-state index in [0.29, 0.717) is 0 Å². The van der Waals surface area contributed by atoms with E-state index in [1.54, 1.807) is 0 Å². The number of halogens is 1. The summed E-state index contributed by atoms with van der Waals surface area (Å²) < 4.78 is 0. The molecule has 0 saturated heterocycles. The lowest BCUT2D eigenvalue weighted by Gasteiger charge is -1.97. The third-order valence-electron chi connectivity index (χ3n) is 1.38. The molecule has 0 aromatic rings. The van der Waals surface area contributed by atoms with E-state index in [-0.39, 0.29) is 0 Å². The van der Waals surface area contributed by atoms with Crippen molar-refractivity contribution in [3.8, 4) is 0 Å². The van der Waals surface area contributed by atoms with E-state index in [0.717, 1.165) is 17.7 Å². The van der Waals surface area contributed by atoms with Gasteiger partial charge in [-0.05, 0) is 12.3 Å². The van der Waals surface area contributed by atoms with Crippen LogP contribution in [0.5, 0.6) is 0 Å². The summed E-state index contributed by atoms with van der Waals surface area (Å²) in [6.45, 7) is 4.45. The van der Waals surface area contributed by atoms with Crippen LogP contribution in [0.25, 0.3) is 0 Å². The highest BCUT2D eigenvalue weighted by Crippen LogP contribution is 2.02. The molecule has 0 aliphatic carbocycles. The SMILES string of the molecule is CCC(C)/C=C/CCBr. The highest BCUT2D eigenvalue weighted by Gasteiger charge is 1.88. The van der Waals surface area contributed by atoms with Gasteiger partial charge < -0.3 is 0 Å². The Hall–Kier alpha value is 0.220. The minimum absolute atomic E-state index is 0.754. The molecular formula is C8H15Br. The van der Waals surface area contributed by atoms with Gasteiger partial charge in [-0.2, -0.15) is 0 Å². The molecule has 0 saturated carbocycles. The van der Waals surface area contributed by atoms with Crippen molar-refractivity contribution in [1.29, 1.82) is 0 Å². The summed E-state index contributed by atoms with van der Waals surface area (Å²) in [5.41, 5.74) is 0. The van der Waals surface area contributed by atoms with Gasteiger partial charge >= 0.3 is 0 Å². The highest BCUT2D eigenvalue weighted by atomic mass is 79.9. The topological polar surface area (TPSA) is 0 Å². The minimum atomic E-state index is 0.754. The molecule has 0 aliphatic heterocycles. The fourth-order valence-corrected chi connectivity index (χ4v) is 0.792. The fraction of sp³-hybridized carbons (Fsp3) is 0.750. The Morgan fingerprint density at radius 1 is 1.56 bits per heavy atom. The Morgan fingerprint density at radius 3 is 2.67 bits per heavy atom. The predicted molar refractivity (Wildman–Crippen MR) is 47.0 cm³/mol. The molecule has 54 valence electrons. The van der Waals surface area contributed by atoms with Crippen LogP contribution in [0.15, 0.2) is 12.2 Å². The van der Waals surface area contributed by atoms with Crippen molar-refractivity contribution in [2.24, 2.45) is 5.92 Å². The minimum Gasteiger partial charge on any atom is -0.0925 e. The summed E-state index contributed by atoms with van der Waals surface area (Å²) in [6.07, 6.45) is 6.92. The van der Waals surface area contributed by atoms with Gasteiger partial charge in [-0.1, -0.05) is 48.4 Å². The average molecular weight is 191 g/mol. The normalized spacial score (nSPS) is 14.6. The van der Waals surface area contributed by atoms with E-state index in [9.17, 15) is 0 Å². The number of alkyl halides is 1. The first kappa shape index (κ1) is 9.22. The Kier molecular flexibility index (Phi) is 6.50. The van der Waals surface area contributed by atoms with Crippen LogP contribution >= 0.6 is 15.9 Å². The van der Waals surface area contributed by atoms with Crippen molar-refractivity contribution in [1.82, 2.24) is 0 Å². The van der Waals surface area contributed by atoms with Gasteiger partial charge in [0.05, 0.1) is 0 Å². The van der Waals surface area contributed by atoms with Gasteiger partial charge in [0.15, 0.2) is 0 Å². The van der Waals surface area contributed by atoms with Gasteiger partial charge in [0, 0.05) is 5.33 Å². The van der Waals surface area contributed by atoms with Crippen molar-refractivity contribution in [3.63, 3.8) is 0 Å². The lowest BCUT2D eigenvalue weighted by atomic mass is 10.1. The van der Waals surface area contributed by atoms with E-state index >= 15 is 0 Å². The van der Waals surface area contributed by atoms with Crippen LogP contribution in [-0.4, -0.2) is 5.33 Å². The molecule has 1 atom stereocenters. The predicted octanol–water partition coefficient (Wildman–Crippen LogP) is 3.37. The average Bonchev–Trinajstić information content (AvgIpc) is 1.89. The Morgan fingerprint density at radius 2 is 2.22 bits per heavy atom. The molecule has 0 fully saturated rings. The first-order valence-corrected chi connectivity index (χ1v) is 4.66. The molecular weight excluding hydrogens is 176 g/mol. The maximum absolute atomic E-state index is 3.37. The molecule has 0 rings (SSSR count). The van der Waals surface area contributed by atoms with Gasteiger partial charge in [0.25, 0.3) is 0 Å². The number of rotatable bonds is 4. The summed E-state index contributed by atoms with van der Waals surface area (Å²) in [5, 5.41) is 1.08. The van der Waals surface area contributed by atoms with Crippen molar-refractivity contribution >= 4 is 15.9 Å². The van der Waals surface area contributed by atoms with Crippen LogP contribution in [-0.2, 0) is 0 Å². The van der Waals surface area contributed by atoms with Crippen molar-refractivity contribution < 1.29 is 0 Å². The van der Waals surface area contributed by atoms with Gasteiger partial charge in [-0.3, -0.25) is 0 Å². The molecule has 0 aliphatic rings. The van der Waals surface area contributed by atoms with Crippen LogP contribution in [0.3, 0.4) is 0 Å². The second-order valence-electron chi connectivity index (χ2n) is 2.29. The van der Waals surface area contributed by atoms with Gasteiger partial charge in [-0.15, -0.1) is 0 Å². The van der Waals surface area contributed by atoms with Crippen LogP contribution in [0.1, 0.15) is 26.7 Å².